The number of unbranched alkanes of at least 4 members (excludes halogenated alkanes) is 26. The van der Waals surface area contributed by atoms with E-state index >= 15 is 0 Å². The molecule has 6 nitrogen and oxygen atoms in total. The molecule has 6 heteroatoms. The van der Waals surface area contributed by atoms with Crippen molar-refractivity contribution in [3.05, 3.63) is 97.2 Å². The maximum atomic E-state index is 12.8. The number of hydrogen-bond acceptors (Lipinski definition) is 6. The van der Waals surface area contributed by atoms with Crippen molar-refractivity contribution in [3.63, 3.8) is 0 Å². The highest BCUT2D eigenvalue weighted by Crippen LogP contribution is 2.15. The van der Waals surface area contributed by atoms with Crippen molar-refractivity contribution in [1.29, 1.82) is 0 Å². The first kappa shape index (κ1) is 67.3. The van der Waals surface area contributed by atoms with E-state index in [0.29, 0.717) is 19.3 Å². The van der Waals surface area contributed by atoms with Crippen LogP contribution in [0.4, 0.5) is 0 Å². The molecule has 0 amide bonds. The number of rotatable bonds is 53. The van der Waals surface area contributed by atoms with Gasteiger partial charge in [0.2, 0.25) is 0 Å². The van der Waals surface area contributed by atoms with Crippen molar-refractivity contribution >= 4 is 17.9 Å². The zero-order valence-corrected chi connectivity index (χ0v) is 46.5. The molecule has 0 aromatic carbocycles. The van der Waals surface area contributed by atoms with Crippen molar-refractivity contribution in [1.82, 2.24) is 0 Å². The summed E-state index contributed by atoms with van der Waals surface area (Å²) in [5.41, 5.74) is 0. The summed E-state index contributed by atoms with van der Waals surface area (Å²) < 4.78 is 16.7. The number of esters is 3. The third kappa shape index (κ3) is 57.1. The second-order valence-corrected chi connectivity index (χ2v) is 19.5. The van der Waals surface area contributed by atoms with Gasteiger partial charge in [-0.2, -0.15) is 0 Å². The maximum Gasteiger partial charge on any atom is 0.306 e. The quantitative estimate of drug-likeness (QED) is 0.0261. The zero-order valence-electron chi connectivity index (χ0n) is 46.5. The van der Waals surface area contributed by atoms with Crippen LogP contribution >= 0.6 is 0 Å². The molecule has 406 valence electrons. The lowest BCUT2D eigenvalue weighted by atomic mass is 10.0. The Bertz CT molecular complexity index is 1410. The van der Waals surface area contributed by atoms with Gasteiger partial charge in [-0.05, 0) is 103 Å². The molecule has 0 rings (SSSR count). The third-order valence-electron chi connectivity index (χ3n) is 12.6. The Morgan fingerprint density at radius 2 is 0.549 bits per heavy atom. The molecule has 0 aliphatic rings. The lowest BCUT2D eigenvalue weighted by Gasteiger charge is -2.18. The molecule has 0 aromatic rings. The number of ether oxygens (including phenoxy) is 3. The van der Waals surface area contributed by atoms with E-state index in [1.54, 1.807) is 0 Å². The fourth-order valence-electron chi connectivity index (χ4n) is 8.12. The van der Waals surface area contributed by atoms with Gasteiger partial charge >= 0.3 is 17.9 Å². The Hall–Kier alpha value is -3.67. The zero-order chi connectivity index (χ0) is 51.4. The van der Waals surface area contributed by atoms with Crippen molar-refractivity contribution in [2.75, 3.05) is 13.2 Å². The van der Waals surface area contributed by atoms with Gasteiger partial charge in [-0.1, -0.05) is 253 Å². The Kier molecular flexibility index (Phi) is 55.9. The molecule has 0 aliphatic carbocycles. The van der Waals surface area contributed by atoms with Gasteiger partial charge in [0.1, 0.15) is 13.2 Å². The largest absolute Gasteiger partial charge is 0.462 e. The molecule has 0 aliphatic heterocycles. The van der Waals surface area contributed by atoms with Gasteiger partial charge in [0.15, 0.2) is 6.10 Å². The average Bonchev–Trinajstić information content (AvgIpc) is 3.37. The summed E-state index contributed by atoms with van der Waals surface area (Å²) in [5.74, 6) is -0.911. The summed E-state index contributed by atoms with van der Waals surface area (Å²) in [6, 6.07) is 0. The first-order valence-electron chi connectivity index (χ1n) is 29.7. The minimum atomic E-state index is -0.782. The van der Waals surface area contributed by atoms with Gasteiger partial charge in [0, 0.05) is 19.3 Å². The second kappa shape index (κ2) is 58.9. The summed E-state index contributed by atoms with van der Waals surface area (Å²) in [4.78, 5) is 37.9. The molecule has 0 saturated carbocycles. The summed E-state index contributed by atoms with van der Waals surface area (Å²) in [6.07, 6.45) is 78.7. The van der Waals surface area contributed by atoms with E-state index in [9.17, 15) is 14.4 Å². The van der Waals surface area contributed by atoms with Crippen LogP contribution in [0.2, 0.25) is 0 Å². The molecular weight excluding hydrogens is 877 g/mol. The van der Waals surface area contributed by atoms with Crippen LogP contribution < -0.4 is 0 Å². The Balaban J connectivity index is 4.14. The van der Waals surface area contributed by atoms with Crippen LogP contribution in [0.25, 0.3) is 0 Å². The van der Waals surface area contributed by atoms with Gasteiger partial charge < -0.3 is 14.2 Å². The normalized spacial score (nSPS) is 12.8. The molecule has 0 aromatic heterocycles. The lowest BCUT2D eigenvalue weighted by molar-refractivity contribution is -0.167. The monoisotopic (exact) mass is 987 g/mol. The number of carbonyl (C=O) groups excluding carboxylic acids is 3. The molecular formula is C65H110O6. The molecule has 0 saturated heterocycles. The first-order chi connectivity index (χ1) is 35.0. The molecule has 0 N–H and O–H groups in total. The van der Waals surface area contributed by atoms with E-state index < -0.39 is 6.10 Å². The lowest BCUT2D eigenvalue weighted by Crippen LogP contribution is -2.30. The fourth-order valence-corrected chi connectivity index (χ4v) is 8.12. The highest BCUT2D eigenvalue weighted by molar-refractivity contribution is 5.71. The summed E-state index contributed by atoms with van der Waals surface area (Å²) in [7, 11) is 0. The highest BCUT2D eigenvalue weighted by atomic mass is 16.6. The Labute approximate surface area is 438 Å². The van der Waals surface area contributed by atoms with E-state index in [0.717, 1.165) is 122 Å². The van der Waals surface area contributed by atoms with Crippen molar-refractivity contribution < 1.29 is 28.6 Å². The molecule has 0 radical (unpaired) electrons. The van der Waals surface area contributed by atoms with Gasteiger partial charge in [-0.25, -0.2) is 0 Å². The predicted octanol–water partition coefficient (Wildman–Crippen LogP) is 20.1. The fraction of sp³-hybridized carbons (Fsp3) is 0.708. The van der Waals surface area contributed by atoms with E-state index in [2.05, 4.69) is 118 Å². The Morgan fingerprint density at radius 1 is 0.296 bits per heavy atom. The maximum absolute atomic E-state index is 12.8. The molecule has 1 unspecified atom stereocenters. The topological polar surface area (TPSA) is 78.9 Å². The number of allylic oxidation sites excluding steroid dienone is 16. The smallest absolute Gasteiger partial charge is 0.306 e. The van der Waals surface area contributed by atoms with Crippen molar-refractivity contribution in [2.45, 2.75) is 284 Å². The molecule has 1 atom stereocenters. The van der Waals surface area contributed by atoms with Crippen LogP contribution in [0, 0.1) is 0 Å². The first-order valence-corrected chi connectivity index (χ1v) is 29.7. The molecule has 71 heavy (non-hydrogen) atoms. The van der Waals surface area contributed by atoms with Crippen LogP contribution in [-0.2, 0) is 28.6 Å². The molecule has 0 fully saturated rings. The van der Waals surface area contributed by atoms with Gasteiger partial charge in [-0.3, -0.25) is 14.4 Å². The minimum absolute atomic E-state index is 0.0837. The van der Waals surface area contributed by atoms with Crippen LogP contribution in [-0.4, -0.2) is 37.2 Å². The Morgan fingerprint density at radius 3 is 0.859 bits per heavy atom. The second-order valence-electron chi connectivity index (χ2n) is 19.5. The standard InChI is InChI=1S/C65H110O6/c1-4-7-10-13-15-17-19-21-23-25-27-29-31-32-34-35-37-39-41-43-45-47-49-52-55-58-64(67)70-61-62(60-69-63(66)57-54-51-12-9-6-3)71-65(68)59-56-53-50-48-46-44-42-40-38-36-33-30-28-26-24-22-20-18-16-14-11-8-5-2/h7,10,15,17,20-23,26-29,32,34,37,39,62H,4-6,8-9,11-14,16,18-19,24-25,30-31,33,35-36,38,40-61H2,1-3H3/b10-7-,17-15-,22-20-,23-21-,28-26-,29-27-,34-32-,39-37-. The van der Waals surface area contributed by atoms with E-state index in [-0.39, 0.29) is 31.1 Å². The van der Waals surface area contributed by atoms with Gasteiger partial charge in [0.25, 0.3) is 0 Å². The van der Waals surface area contributed by atoms with Crippen molar-refractivity contribution in [2.24, 2.45) is 0 Å². The molecule has 0 bridgehead atoms. The van der Waals surface area contributed by atoms with Crippen LogP contribution in [0.5, 0.6) is 0 Å². The van der Waals surface area contributed by atoms with E-state index in [1.165, 1.54) is 116 Å². The van der Waals surface area contributed by atoms with Crippen LogP contribution in [0.1, 0.15) is 278 Å². The number of carbonyl (C=O) groups is 3. The van der Waals surface area contributed by atoms with E-state index in [1.807, 2.05) is 0 Å². The summed E-state index contributed by atoms with van der Waals surface area (Å²) in [6.45, 7) is 6.43. The van der Waals surface area contributed by atoms with Crippen molar-refractivity contribution in [3.8, 4) is 0 Å². The minimum Gasteiger partial charge on any atom is -0.462 e. The number of hydrogen-bond donors (Lipinski definition) is 0. The summed E-state index contributed by atoms with van der Waals surface area (Å²) >= 11 is 0. The third-order valence-corrected chi connectivity index (χ3v) is 12.6. The van der Waals surface area contributed by atoms with Gasteiger partial charge in [-0.15, -0.1) is 0 Å². The highest BCUT2D eigenvalue weighted by Gasteiger charge is 2.19. The summed E-state index contributed by atoms with van der Waals surface area (Å²) in [5, 5.41) is 0. The predicted molar refractivity (Wildman–Crippen MR) is 307 cm³/mol. The van der Waals surface area contributed by atoms with Crippen LogP contribution in [0.3, 0.4) is 0 Å². The molecule has 0 spiro atoms. The van der Waals surface area contributed by atoms with E-state index in [4.69, 9.17) is 14.2 Å². The SMILES string of the molecule is CC/C=C\C/C=C\C/C=C\C/C=C\C/C=C\C/C=C\CCCCCCCCC(=O)OCC(COC(=O)CCCCCCC)OC(=O)CCCCCCCCCCCCC/C=C\C/C=C\CCCCCCC. The van der Waals surface area contributed by atoms with Crippen LogP contribution in [0.15, 0.2) is 97.2 Å². The van der Waals surface area contributed by atoms with Gasteiger partial charge in [0.05, 0.1) is 0 Å². The average molecular weight is 988 g/mol. The molecule has 0 heterocycles.